The highest BCUT2D eigenvalue weighted by Crippen LogP contribution is 2.22. The minimum Gasteiger partial charge on any atom is -0.383 e. The summed E-state index contributed by atoms with van der Waals surface area (Å²) < 4.78 is 7.28. The van der Waals surface area contributed by atoms with Gasteiger partial charge in [-0.15, -0.1) is 0 Å². The number of hydrogen-bond acceptors (Lipinski definition) is 4. The topological polar surface area (TPSA) is 56.1 Å². The van der Waals surface area contributed by atoms with Crippen LogP contribution >= 0.6 is 11.8 Å². The van der Waals surface area contributed by atoms with Crippen molar-refractivity contribution in [1.29, 1.82) is 0 Å². The van der Waals surface area contributed by atoms with Crippen LogP contribution in [0.2, 0.25) is 0 Å². The van der Waals surface area contributed by atoms with Gasteiger partial charge in [-0.3, -0.25) is 4.79 Å². The highest BCUT2D eigenvalue weighted by molar-refractivity contribution is 7.99. The molecule has 0 unspecified atom stereocenters. The van der Waals surface area contributed by atoms with Crippen LogP contribution in [0.1, 0.15) is 35.5 Å². The molecule has 1 aromatic carbocycles. The molecule has 0 bridgehead atoms. The Hall–Kier alpha value is -1.79. The third kappa shape index (κ3) is 5.09. The van der Waals surface area contributed by atoms with E-state index in [1.54, 1.807) is 7.11 Å². The first-order chi connectivity index (χ1) is 11.9. The smallest absolute Gasteiger partial charge is 0.230 e. The summed E-state index contributed by atoms with van der Waals surface area (Å²) in [5.74, 6) is 0.358. The Kier molecular flexibility index (Phi) is 7.08. The fourth-order valence-electron chi connectivity index (χ4n) is 2.74. The molecule has 0 saturated carbocycles. The van der Waals surface area contributed by atoms with Gasteiger partial charge >= 0.3 is 0 Å². The molecule has 1 aromatic heterocycles. The number of methoxy groups -OCH3 is 1. The molecule has 1 N–H and O–H groups in total. The van der Waals surface area contributed by atoms with Gasteiger partial charge in [0.25, 0.3) is 0 Å². The van der Waals surface area contributed by atoms with Crippen molar-refractivity contribution in [2.24, 2.45) is 0 Å². The number of hydrogen-bond donors (Lipinski definition) is 1. The second kappa shape index (κ2) is 9.06. The molecule has 0 fully saturated rings. The zero-order valence-electron chi connectivity index (χ0n) is 15.6. The molecule has 0 saturated heterocycles. The molecule has 0 aliphatic heterocycles. The molecule has 0 aliphatic rings. The number of nitrogens with one attached hydrogen (secondary N) is 1. The van der Waals surface area contributed by atoms with E-state index in [9.17, 15) is 4.79 Å². The third-order valence-corrected chi connectivity index (χ3v) is 5.28. The number of benzene rings is 1. The normalized spacial score (nSPS) is 12.2. The fraction of sp³-hybridized carbons (Fsp3) is 0.474. The molecule has 136 valence electrons. The summed E-state index contributed by atoms with van der Waals surface area (Å²) in [6, 6.07) is 8.11. The van der Waals surface area contributed by atoms with E-state index >= 15 is 0 Å². The van der Waals surface area contributed by atoms with Gasteiger partial charge in [-0.1, -0.05) is 36.0 Å². The van der Waals surface area contributed by atoms with E-state index in [-0.39, 0.29) is 11.9 Å². The fourth-order valence-corrected chi connectivity index (χ4v) is 3.67. The summed E-state index contributed by atoms with van der Waals surface area (Å²) in [4.78, 5) is 16.9. The van der Waals surface area contributed by atoms with E-state index in [1.807, 2.05) is 32.9 Å². The Morgan fingerprint density at radius 3 is 2.72 bits per heavy atom. The molecule has 6 heteroatoms. The van der Waals surface area contributed by atoms with Crippen molar-refractivity contribution < 1.29 is 9.53 Å². The number of amides is 1. The van der Waals surface area contributed by atoms with Crippen LogP contribution in [0, 0.1) is 20.8 Å². The lowest BCUT2D eigenvalue weighted by Gasteiger charge is -2.16. The van der Waals surface area contributed by atoms with Crippen LogP contribution in [0.3, 0.4) is 0 Å². The number of aromatic nitrogens is 2. The molecule has 25 heavy (non-hydrogen) atoms. The predicted molar refractivity (Wildman–Crippen MR) is 102 cm³/mol. The number of carbonyl (C=O) groups is 1. The van der Waals surface area contributed by atoms with Crippen LogP contribution in [0.5, 0.6) is 0 Å². The van der Waals surface area contributed by atoms with Gasteiger partial charge in [0.2, 0.25) is 5.91 Å². The zero-order valence-corrected chi connectivity index (χ0v) is 16.4. The van der Waals surface area contributed by atoms with Crippen molar-refractivity contribution in [3.8, 4) is 0 Å². The molecule has 0 spiro atoms. The van der Waals surface area contributed by atoms with E-state index in [0.717, 1.165) is 28.7 Å². The number of carbonyl (C=O) groups excluding carboxylic acids is 1. The lowest BCUT2D eigenvalue weighted by atomic mass is 10.0. The predicted octanol–water partition coefficient (Wildman–Crippen LogP) is 3.42. The van der Waals surface area contributed by atoms with E-state index in [0.29, 0.717) is 12.4 Å². The Bertz CT molecular complexity index is 727. The second-order valence-corrected chi connectivity index (χ2v) is 7.09. The maximum absolute atomic E-state index is 12.3. The number of ether oxygens (including phenoxy) is 1. The van der Waals surface area contributed by atoms with Crippen molar-refractivity contribution in [1.82, 2.24) is 14.9 Å². The summed E-state index contributed by atoms with van der Waals surface area (Å²) in [5, 5.41) is 3.94. The van der Waals surface area contributed by atoms with E-state index in [1.165, 1.54) is 17.3 Å². The molecule has 2 aromatic rings. The van der Waals surface area contributed by atoms with Gasteiger partial charge in [0.1, 0.15) is 0 Å². The summed E-state index contributed by atoms with van der Waals surface area (Å²) in [6.45, 7) is 9.47. The third-order valence-electron chi connectivity index (χ3n) is 4.31. The number of imidazole rings is 1. The highest BCUT2D eigenvalue weighted by atomic mass is 32.2. The van der Waals surface area contributed by atoms with Crippen molar-refractivity contribution in [2.45, 2.75) is 45.4 Å². The first-order valence-electron chi connectivity index (χ1n) is 8.44. The minimum absolute atomic E-state index is 0.00833. The van der Waals surface area contributed by atoms with Crippen LogP contribution in [-0.2, 0) is 16.1 Å². The van der Waals surface area contributed by atoms with Crippen LogP contribution in [-0.4, -0.2) is 34.9 Å². The first-order valence-corrected chi connectivity index (χ1v) is 9.43. The van der Waals surface area contributed by atoms with Gasteiger partial charge in [0, 0.05) is 19.3 Å². The monoisotopic (exact) mass is 361 g/mol. The standard InChI is InChI=1S/C19H27N3O2S/c1-13-8-6-7-9-17(13)15(3)20-18(23)12-25-19-21-14(2)16(4)22(19)10-11-24-5/h6-9,15H,10-12H2,1-5H3,(H,20,23)/t15-/m1/s1. The number of aryl methyl sites for hydroxylation is 2. The molecule has 0 radical (unpaired) electrons. The second-order valence-electron chi connectivity index (χ2n) is 6.14. The quantitative estimate of drug-likeness (QED) is 0.732. The highest BCUT2D eigenvalue weighted by Gasteiger charge is 2.15. The minimum atomic E-state index is -0.00833. The Morgan fingerprint density at radius 2 is 2.04 bits per heavy atom. The molecule has 0 aliphatic carbocycles. The molecule has 1 heterocycles. The van der Waals surface area contributed by atoms with E-state index in [4.69, 9.17) is 4.74 Å². The zero-order chi connectivity index (χ0) is 18.4. The van der Waals surface area contributed by atoms with E-state index < -0.39 is 0 Å². The van der Waals surface area contributed by atoms with Crippen molar-refractivity contribution in [3.05, 3.63) is 46.8 Å². The number of nitrogens with zero attached hydrogens (tertiary/aromatic N) is 2. The van der Waals surface area contributed by atoms with E-state index in [2.05, 4.69) is 33.9 Å². The van der Waals surface area contributed by atoms with Gasteiger partial charge in [0.15, 0.2) is 5.16 Å². The maximum atomic E-state index is 12.3. The number of thioether (sulfide) groups is 1. The van der Waals surface area contributed by atoms with Crippen LogP contribution in [0.4, 0.5) is 0 Å². The van der Waals surface area contributed by atoms with Crippen molar-refractivity contribution in [2.75, 3.05) is 19.5 Å². The van der Waals surface area contributed by atoms with Gasteiger partial charge in [-0.05, 0) is 38.8 Å². The lowest BCUT2D eigenvalue weighted by Crippen LogP contribution is -2.28. The van der Waals surface area contributed by atoms with Crippen LogP contribution < -0.4 is 5.32 Å². The first kappa shape index (κ1) is 19.5. The molecular formula is C19H27N3O2S. The Labute approximate surface area is 154 Å². The SMILES string of the molecule is COCCn1c(SCC(=O)N[C@H](C)c2ccccc2C)nc(C)c1C. The molecule has 5 nitrogen and oxygen atoms in total. The van der Waals surface area contributed by atoms with Crippen molar-refractivity contribution in [3.63, 3.8) is 0 Å². The maximum Gasteiger partial charge on any atom is 0.230 e. The number of rotatable bonds is 8. The molecule has 1 amide bonds. The summed E-state index contributed by atoms with van der Waals surface area (Å²) in [6.07, 6.45) is 0. The van der Waals surface area contributed by atoms with Crippen LogP contribution in [0.25, 0.3) is 0 Å². The molecular weight excluding hydrogens is 334 g/mol. The summed E-state index contributed by atoms with van der Waals surface area (Å²) in [7, 11) is 1.69. The van der Waals surface area contributed by atoms with Gasteiger partial charge in [0.05, 0.1) is 24.1 Å². The molecule has 1 atom stereocenters. The average Bonchev–Trinajstić information content (AvgIpc) is 2.85. The Morgan fingerprint density at radius 1 is 1.32 bits per heavy atom. The van der Waals surface area contributed by atoms with Gasteiger partial charge < -0.3 is 14.6 Å². The largest absolute Gasteiger partial charge is 0.383 e. The lowest BCUT2D eigenvalue weighted by molar-refractivity contribution is -0.119. The van der Waals surface area contributed by atoms with Gasteiger partial charge in [-0.2, -0.15) is 0 Å². The van der Waals surface area contributed by atoms with Gasteiger partial charge in [-0.25, -0.2) is 4.98 Å². The van der Waals surface area contributed by atoms with Crippen molar-refractivity contribution >= 4 is 17.7 Å². The molecule has 2 rings (SSSR count). The Balaban J connectivity index is 1.96. The summed E-state index contributed by atoms with van der Waals surface area (Å²) >= 11 is 1.47. The average molecular weight is 362 g/mol. The summed E-state index contributed by atoms with van der Waals surface area (Å²) in [5.41, 5.74) is 4.44. The van der Waals surface area contributed by atoms with Crippen LogP contribution in [0.15, 0.2) is 29.4 Å².